The van der Waals surface area contributed by atoms with Crippen molar-refractivity contribution < 1.29 is 22.7 Å². The van der Waals surface area contributed by atoms with Gasteiger partial charge in [-0.05, 0) is 67.3 Å². The van der Waals surface area contributed by atoms with Gasteiger partial charge in [0.1, 0.15) is 18.3 Å². The topological polar surface area (TPSA) is 96.0 Å². The largest absolute Gasteiger partial charge is 0.497 e. The second-order valence-corrected chi connectivity index (χ2v) is 12.8. The number of nitrogens with zero attached hydrogens (tertiary/aromatic N) is 2. The van der Waals surface area contributed by atoms with Crippen LogP contribution in [0.15, 0.2) is 108 Å². The Kier molecular flexibility index (Phi) is 11.4. The van der Waals surface area contributed by atoms with Crippen molar-refractivity contribution >= 4 is 27.5 Å². The van der Waals surface area contributed by atoms with E-state index in [1.54, 1.807) is 37.4 Å². The van der Waals surface area contributed by atoms with Gasteiger partial charge in [0.25, 0.3) is 10.0 Å². The SMILES string of the molecule is CCCNC(=O)[C@@H](Cc1ccccc1)N(Cc1cccc(OC)c1)C(=O)CN(c1ccc(C)cc1C)S(=O)(=O)c1ccccc1. The van der Waals surface area contributed by atoms with Crippen LogP contribution in [0.2, 0.25) is 0 Å². The molecule has 0 fully saturated rings. The number of carbonyl (C=O) groups is 2. The Bertz CT molecular complexity index is 1690. The van der Waals surface area contributed by atoms with Gasteiger partial charge < -0.3 is 15.0 Å². The molecule has 0 aromatic heterocycles. The summed E-state index contributed by atoms with van der Waals surface area (Å²) in [5.74, 6) is -0.204. The molecule has 1 N–H and O–H groups in total. The monoisotopic (exact) mass is 627 g/mol. The average Bonchev–Trinajstić information content (AvgIpc) is 3.05. The van der Waals surface area contributed by atoms with Crippen molar-refractivity contribution in [1.82, 2.24) is 10.2 Å². The molecule has 0 unspecified atom stereocenters. The number of ether oxygens (including phenoxy) is 1. The summed E-state index contributed by atoms with van der Waals surface area (Å²) < 4.78 is 34.9. The number of sulfonamides is 1. The minimum absolute atomic E-state index is 0.0682. The lowest BCUT2D eigenvalue weighted by Crippen LogP contribution is -2.53. The molecule has 0 saturated carbocycles. The summed E-state index contributed by atoms with van der Waals surface area (Å²) in [5.41, 5.74) is 3.70. The first-order valence-corrected chi connectivity index (χ1v) is 16.5. The zero-order valence-corrected chi connectivity index (χ0v) is 27.1. The van der Waals surface area contributed by atoms with E-state index in [1.165, 1.54) is 17.0 Å². The molecule has 45 heavy (non-hydrogen) atoms. The van der Waals surface area contributed by atoms with Crippen LogP contribution in [0.3, 0.4) is 0 Å². The number of carbonyl (C=O) groups excluding carboxylic acids is 2. The Balaban J connectivity index is 1.82. The molecule has 2 amide bonds. The second kappa shape index (κ2) is 15.4. The van der Waals surface area contributed by atoms with Crippen molar-refractivity contribution in [2.24, 2.45) is 0 Å². The number of aryl methyl sites for hydroxylation is 2. The van der Waals surface area contributed by atoms with Gasteiger partial charge in [-0.15, -0.1) is 0 Å². The van der Waals surface area contributed by atoms with Crippen molar-refractivity contribution in [1.29, 1.82) is 0 Å². The van der Waals surface area contributed by atoms with Gasteiger partial charge in [0, 0.05) is 19.5 Å². The minimum atomic E-state index is -4.16. The van der Waals surface area contributed by atoms with Crippen molar-refractivity contribution in [3.8, 4) is 5.75 Å². The molecule has 8 nitrogen and oxygen atoms in total. The molecule has 236 valence electrons. The molecule has 0 aliphatic rings. The predicted molar refractivity (Wildman–Crippen MR) is 178 cm³/mol. The number of anilines is 1. The van der Waals surface area contributed by atoms with Gasteiger partial charge in [0.15, 0.2) is 0 Å². The van der Waals surface area contributed by atoms with Gasteiger partial charge in [-0.2, -0.15) is 0 Å². The van der Waals surface area contributed by atoms with Crippen LogP contribution in [-0.2, 0) is 32.6 Å². The van der Waals surface area contributed by atoms with Gasteiger partial charge >= 0.3 is 0 Å². The van der Waals surface area contributed by atoms with E-state index in [2.05, 4.69) is 5.32 Å². The third-order valence-corrected chi connectivity index (χ3v) is 9.31. The van der Waals surface area contributed by atoms with Gasteiger partial charge in [0.2, 0.25) is 11.8 Å². The maximum Gasteiger partial charge on any atom is 0.264 e. The number of rotatable bonds is 14. The zero-order valence-electron chi connectivity index (χ0n) is 26.3. The van der Waals surface area contributed by atoms with Crippen LogP contribution >= 0.6 is 0 Å². The number of hydrogen-bond acceptors (Lipinski definition) is 5. The quantitative estimate of drug-likeness (QED) is 0.194. The highest BCUT2D eigenvalue weighted by atomic mass is 32.2. The fourth-order valence-corrected chi connectivity index (χ4v) is 6.71. The summed E-state index contributed by atoms with van der Waals surface area (Å²) in [6, 6.07) is 29.4. The van der Waals surface area contributed by atoms with E-state index in [9.17, 15) is 18.0 Å². The molecule has 0 bridgehead atoms. The zero-order chi connectivity index (χ0) is 32.4. The molecule has 4 aromatic carbocycles. The summed E-state index contributed by atoms with van der Waals surface area (Å²) in [5, 5.41) is 2.96. The van der Waals surface area contributed by atoms with E-state index < -0.39 is 28.5 Å². The maximum absolute atomic E-state index is 14.6. The number of amides is 2. The van der Waals surface area contributed by atoms with Gasteiger partial charge in [-0.3, -0.25) is 13.9 Å². The van der Waals surface area contributed by atoms with Crippen LogP contribution in [0, 0.1) is 13.8 Å². The Morgan fingerprint density at radius 2 is 1.51 bits per heavy atom. The summed E-state index contributed by atoms with van der Waals surface area (Å²) in [6.07, 6.45) is 0.977. The Hall–Kier alpha value is -4.63. The molecule has 0 spiro atoms. The number of hydrogen-bond donors (Lipinski definition) is 1. The van der Waals surface area contributed by atoms with E-state index in [-0.39, 0.29) is 23.8 Å². The Morgan fingerprint density at radius 3 is 2.16 bits per heavy atom. The normalized spacial score (nSPS) is 11.8. The fourth-order valence-electron chi connectivity index (χ4n) is 5.21. The maximum atomic E-state index is 14.6. The van der Waals surface area contributed by atoms with E-state index in [0.29, 0.717) is 23.5 Å². The number of benzene rings is 4. The molecule has 4 aromatic rings. The predicted octanol–water partition coefficient (Wildman–Crippen LogP) is 5.67. The van der Waals surface area contributed by atoms with Crippen LogP contribution in [0.5, 0.6) is 5.75 Å². The number of methoxy groups -OCH3 is 1. The summed E-state index contributed by atoms with van der Waals surface area (Å²) in [6.45, 7) is 5.72. The molecular formula is C36H41N3O5S. The van der Waals surface area contributed by atoms with Crippen LogP contribution in [-0.4, -0.2) is 51.4 Å². The van der Waals surface area contributed by atoms with Crippen molar-refractivity contribution in [2.75, 3.05) is 24.5 Å². The van der Waals surface area contributed by atoms with E-state index in [0.717, 1.165) is 27.4 Å². The Morgan fingerprint density at radius 1 is 0.844 bits per heavy atom. The van der Waals surface area contributed by atoms with E-state index in [4.69, 9.17) is 4.74 Å². The minimum Gasteiger partial charge on any atom is -0.497 e. The lowest BCUT2D eigenvalue weighted by Gasteiger charge is -2.34. The summed E-state index contributed by atoms with van der Waals surface area (Å²) in [4.78, 5) is 29.9. The van der Waals surface area contributed by atoms with E-state index >= 15 is 0 Å². The van der Waals surface area contributed by atoms with Gasteiger partial charge in [0.05, 0.1) is 17.7 Å². The number of nitrogens with one attached hydrogen (secondary N) is 1. The van der Waals surface area contributed by atoms with Crippen LogP contribution in [0.4, 0.5) is 5.69 Å². The summed E-state index contributed by atoms with van der Waals surface area (Å²) in [7, 11) is -2.59. The third-order valence-electron chi connectivity index (χ3n) is 7.54. The molecule has 0 aliphatic heterocycles. The summed E-state index contributed by atoms with van der Waals surface area (Å²) >= 11 is 0. The van der Waals surface area contributed by atoms with Crippen molar-refractivity contribution in [2.45, 2.75) is 51.1 Å². The average molecular weight is 628 g/mol. The highest BCUT2D eigenvalue weighted by molar-refractivity contribution is 7.92. The smallest absolute Gasteiger partial charge is 0.264 e. The first-order chi connectivity index (χ1) is 21.6. The van der Waals surface area contributed by atoms with Crippen LogP contribution < -0.4 is 14.4 Å². The standard InChI is InChI=1S/C36H41N3O5S/c1-5-21-37-36(41)34(24-29-13-8-6-9-14-29)38(25-30-15-12-16-31(23-30)44-4)35(40)26-39(33-20-19-27(2)22-28(33)3)45(42,43)32-17-10-7-11-18-32/h6-20,22-23,34H,5,21,24-26H2,1-4H3,(H,37,41)/t34-/m1/s1. The lowest BCUT2D eigenvalue weighted by molar-refractivity contribution is -0.140. The lowest BCUT2D eigenvalue weighted by atomic mass is 10.0. The van der Waals surface area contributed by atoms with Gasteiger partial charge in [-0.25, -0.2) is 8.42 Å². The first-order valence-electron chi connectivity index (χ1n) is 15.0. The molecule has 4 rings (SSSR count). The molecule has 9 heteroatoms. The highest BCUT2D eigenvalue weighted by Gasteiger charge is 2.35. The van der Waals surface area contributed by atoms with Crippen molar-refractivity contribution in [3.05, 3.63) is 125 Å². The second-order valence-electron chi connectivity index (χ2n) is 11.0. The van der Waals surface area contributed by atoms with E-state index in [1.807, 2.05) is 81.4 Å². The first kappa shape index (κ1) is 33.3. The van der Waals surface area contributed by atoms with Crippen LogP contribution in [0.1, 0.15) is 35.6 Å². The van der Waals surface area contributed by atoms with Crippen molar-refractivity contribution in [3.63, 3.8) is 0 Å². The van der Waals surface area contributed by atoms with Crippen LogP contribution in [0.25, 0.3) is 0 Å². The molecule has 0 radical (unpaired) electrons. The molecule has 0 saturated heterocycles. The fraction of sp³-hybridized carbons (Fsp3) is 0.278. The molecule has 0 aliphatic carbocycles. The third kappa shape index (κ3) is 8.51. The Labute approximate surface area is 266 Å². The van der Waals surface area contributed by atoms with Gasteiger partial charge in [-0.1, -0.05) is 85.3 Å². The molecule has 0 heterocycles. The molecular weight excluding hydrogens is 586 g/mol. The molecule has 1 atom stereocenters. The highest BCUT2D eigenvalue weighted by Crippen LogP contribution is 2.28.